The Labute approximate surface area is 62.9 Å². The predicted octanol–water partition coefficient (Wildman–Crippen LogP) is 2.67. The summed E-state index contributed by atoms with van der Waals surface area (Å²) in [7, 11) is 0. The highest BCUT2D eigenvalue weighted by molar-refractivity contribution is 5.29. The van der Waals surface area contributed by atoms with E-state index in [1.807, 2.05) is 6.07 Å². The minimum atomic E-state index is 1.12. The van der Waals surface area contributed by atoms with Gasteiger partial charge in [-0.15, -0.1) is 0 Å². The van der Waals surface area contributed by atoms with E-state index in [0.717, 1.165) is 6.42 Å². The summed E-state index contributed by atoms with van der Waals surface area (Å²) in [4.78, 5) is 0. The van der Waals surface area contributed by atoms with E-state index >= 15 is 0 Å². The highest BCUT2D eigenvalue weighted by atomic mass is 14.0. The summed E-state index contributed by atoms with van der Waals surface area (Å²) >= 11 is 0. The first-order chi connectivity index (χ1) is 4.74. The van der Waals surface area contributed by atoms with Crippen molar-refractivity contribution in [3.05, 3.63) is 34.9 Å². The fourth-order valence-corrected chi connectivity index (χ4v) is 1.11. The Morgan fingerprint density at radius 2 is 2.10 bits per heavy atom. The average molecular weight is 133 g/mol. The highest BCUT2D eigenvalue weighted by Crippen LogP contribution is 2.09. The van der Waals surface area contributed by atoms with Crippen molar-refractivity contribution in [2.24, 2.45) is 0 Å². The molecule has 0 aliphatic carbocycles. The van der Waals surface area contributed by atoms with E-state index in [1.54, 1.807) is 0 Å². The van der Waals surface area contributed by atoms with E-state index in [2.05, 4.69) is 32.9 Å². The van der Waals surface area contributed by atoms with Gasteiger partial charge in [0.1, 0.15) is 0 Å². The summed E-state index contributed by atoms with van der Waals surface area (Å²) in [5.41, 5.74) is 4.01. The molecular weight excluding hydrogens is 120 g/mol. The molecule has 0 spiro atoms. The summed E-state index contributed by atoms with van der Waals surface area (Å²) in [5.74, 6) is 0. The van der Waals surface area contributed by atoms with Crippen molar-refractivity contribution >= 4 is 0 Å². The van der Waals surface area contributed by atoms with E-state index in [9.17, 15) is 0 Å². The minimum Gasteiger partial charge on any atom is -0.0613 e. The van der Waals surface area contributed by atoms with Crippen LogP contribution >= 0.6 is 0 Å². The maximum atomic E-state index is 3.22. The quantitative estimate of drug-likeness (QED) is 0.552. The second-order valence-electron chi connectivity index (χ2n) is 2.68. The Kier molecular flexibility index (Phi) is 2.10. The minimum absolute atomic E-state index is 1.12. The van der Waals surface area contributed by atoms with Crippen molar-refractivity contribution in [1.29, 1.82) is 0 Å². The van der Waals surface area contributed by atoms with Gasteiger partial charge >= 0.3 is 0 Å². The third-order valence-corrected chi connectivity index (χ3v) is 1.78. The van der Waals surface area contributed by atoms with Gasteiger partial charge in [0.15, 0.2) is 0 Å². The first-order valence-electron chi connectivity index (χ1n) is 3.72. The summed E-state index contributed by atoms with van der Waals surface area (Å²) in [6, 6.07) is 7.48. The standard InChI is InChI=1S/C10H13/c1-4-10-7-8(2)5-6-9(10)3/h5,7H,4H2,1-3H3. The van der Waals surface area contributed by atoms with Crippen molar-refractivity contribution in [3.8, 4) is 0 Å². The maximum absolute atomic E-state index is 3.22. The largest absolute Gasteiger partial charge is 0.0613 e. The van der Waals surface area contributed by atoms with E-state index in [-0.39, 0.29) is 0 Å². The van der Waals surface area contributed by atoms with Gasteiger partial charge in [-0.05, 0) is 37.5 Å². The lowest BCUT2D eigenvalue weighted by molar-refractivity contribution is 1.10. The molecule has 0 saturated carbocycles. The molecule has 0 aromatic heterocycles. The molecule has 0 amide bonds. The fraction of sp³-hybridized carbons (Fsp3) is 0.400. The Bertz CT molecular complexity index is 223. The van der Waals surface area contributed by atoms with E-state index in [0.29, 0.717) is 0 Å². The molecule has 0 unspecified atom stereocenters. The number of rotatable bonds is 1. The lowest BCUT2D eigenvalue weighted by Crippen LogP contribution is -1.86. The van der Waals surface area contributed by atoms with Crippen molar-refractivity contribution in [3.63, 3.8) is 0 Å². The Morgan fingerprint density at radius 1 is 1.40 bits per heavy atom. The SMILES string of the molecule is CCc1cc(C)c[c]c1C. The van der Waals surface area contributed by atoms with Gasteiger partial charge in [-0.3, -0.25) is 0 Å². The zero-order valence-corrected chi connectivity index (χ0v) is 6.86. The zero-order valence-electron chi connectivity index (χ0n) is 6.86. The highest BCUT2D eigenvalue weighted by Gasteiger charge is 1.93. The number of hydrogen-bond acceptors (Lipinski definition) is 0. The molecule has 10 heavy (non-hydrogen) atoms. The summed E-state index contributed by atoms with van der Waals surface area (Å²) < 4.78 is 0. The third-order valence-electron chi connectivity index (χ3n) is 1.78. The molecule has 0 nitrogen and oxygen atoms in total. The number of aryl methyl sites for hydroxylation is 3. The smallest absolute Gasteiger partial charge is 0.0146 e. The molecule has 1 rings (SSSR count). The maximum Gasteiger partial charge on any atom is -0.0146 e. The van der Waals surface area contributed by atoms with E-state index < -0.39 is 0 Å². The fourth-order valence-electron chi connectivity index (χ4n) is 1.11. The Hall–Kier alpha value is -0.780. The average Bonchev–Trinajstić information content (AvgIpc) is 1.94. The topological polar surface area (TPSA) is 0 Å². The van der Waals surface area contributed by atoms with Crippen LogP contribution in [0, 0.1) is 19.9 Å². The van der Waals surface area contributed by atoms with Crippen LogP contribution in [0.4, 0.5) is 0 Å². The molecule has 0 aliphatic rings. The van der Waals surface area contributed by atoms with Crippen molar-refractivity contribution in [2.45, 2.75) is 27.2 Å². The lowest BCUT2D eigenvalue weighted by Gasteiger charge is -2.01. The Balaban J connectivity index is 3.09. The molecule has 1 radical (unpaired) electrons. The zero-order chi connectivity index (χ0) is 7.56. The molecule has 53 valence electrons. The first kappa shape index (κ1) is 7.33. The van der Waals surface area contributed by atoms with Gasteiger partial charge in [0.25, 0.3) is 0 Å². The van der Waals surface area contributed by atoms with Crippen molar-refractivity contribution < 1.29 is 0 Å². The molecule has 0 fully saturated rings. The molecule has 0 saturated heterocycles. The monoisotopic (exact) mass is 133 g/mol. The second-order valence-corrected chi connectivity index (χ2v) is 2.68. The summed E-state index contributed by atoms with van der Waals surface area (Å²) in [5, 5.41) is 0. The van der Waals surface area contributed by atoms with E-state index in [1.165, 1.54) is 16.7 Å². The summed E-state index contributed by atoms with van der Waals surface area (Å²) in [6.07, 6.45) is 1.12. The predicted molar refractivity (Wildman–Crippen MR) is 44.1 cm³/mol. The van der Waals surface area contributed by atoms with Crippen LogP contribution in [0.25, 0.3) is 0 Å². The lowest BCUT2D eigenvalue weighted by atomic mass is 10.0. The van der Waals surface area contributed by atoms with Crippen LogP contribution in [-0.2, 0) is 6.42 Å². The van der Waals surface area contributed by atoms with Gasteiger partial charge < -0.3 is 0 Å². The van der Waals surface area contributed by atoms with Crippen LogP contribution in [0.3, 0.4) is 0 Å². The van der Waals surface area contributed by atoms with Gasteiger partial charge in [-0.1, -0.05) is 24.6 Å². The van der Waals surface area contributed by atoms with Gasteiger partial charge in [0.2, 0.25) is 0 Å². The van der Waals surface area contributed by atoms with Crippen LogP contribution in [0.1, 0.15) is 23.6 Å². The number of benzene rings is 1. The van der Waals surface area contributed by atoms with Crippen LogP contribution in [0.5, 0.6) is 0 Å². The number of hydrogen-bond donors (Lipinski definition) is 0. The molecular formula is C10H13. The molecule has 0 N–H and O–H groups in total. The van der Waals surface area contributed by atoms with Gasteiger partial charge in [-0.2, -0.15) is 0 Å². The molecule has 0 bridgehead atoms. The van der Waals surface area contributed by atoms with Gasteiger partial charge in [0.05, 0.1) is 0 Å². The normalized spacial score (nSPS) is 9.90. The van der Waals surface area contributed by atoms with Crippen LogP contribution in [-0.4, -0.2) is 0 Å². The summed E-state index contributed by atoms with van der Waals surface area (Å²) in [6.45, 7) is 6.39. The Morgan fingerprint density at radius 3 is 2.60 bits per heavy atom. The molecule has 0 heterocycles. The molecule has 1 aromatic carbocycles. The second kappa shape index (κ2) is 2.87. The van der Waals surface area contributed by atoms with Crippen LogP contribution in [0.2, 0.25) is 0 Å². The van der Waals surface area contributed by atoms with E-state index in [4.69, 9.17) is 0 Å². The van der Waals surface area contributed by atoms with Gasteiger partial charge in [-0.25, -0.2) is 0 Å². The molecule has 0 aliphatic heterocycles. The molecule has 0 heteroatoms. The van der Waals surface area contributed by atoms with Crippen LogP contribution in [0.15, 0.2) is 12.1 Å². The molecule has 1 aromatic rings. The first-order valence-corrected chi connectivity index (χ1v) is 3.72. The third kappa shape index (κ3) is 1.38. The van der Waals surface area contributed by atoms with Crippen LogP contribution < -0.4 is 0 Å². The van der Waals surface area contributed by atoms with Crippen molar-refractivity contribution in [1.82, 2.24) is 0 Å². The van der Waals surface area contributed by atoms with Gasteiger partial charge in [0, 0.05) is 0 Å². The van der Waals surface area contributed by atoms with Crippen molar-refractivity contribution in [2.75, 3.05) is 0 Å². The molecule has 0 atom stereocenters.